The van der Waals surface area contributed by atoms with Crippen LogP contribution in [0.1, 0.15) is 23.2 Å². The van der Waals surface area contributed by atoms with Gasteiger partial charge in [-0.1, -0.05) is 30.3 Å². The Morgan fingerprint density at radius 3 is 2.64 bits per heavy atom. The third-order valence-corrected chi connectivity index (χ3v) is 5.62. The van der Waals surface area contributed by atoms with Gasteiger partial charge in [0, 0.05) is 30.6 Å². The predicted molar refractivity (Wildman–Crippen MR) is 106 cm³/mol. The summed E-state index contributed by atoms with van der Waals surface area (Å²) in [6, 6.07) is 16.3. The molecule has 1 aliphatic heterocycles. The minimum atomic E-state index is 0.0997. The van der Waals surface area contributed by atoms with E-state index < -0.39 is 0 Å². The molecule has 3 rings (SSSR count). The van der Waals surface area contributed by atoms with Gasteiger partial charge >= 0.3 is 0 Å². The highest BCUT2D eigenvalue weighted by atomic mass is 32.2. The molecule has 25 heavy (non-hydrogen) atoms. The molecule has 1 fully saturated rings. The molecular formula is C21H26N2OS. The number of thioether (sulfide) groups is 1. The third-order valence-electron chi connectivity index (χ3n) is 4.82. The number of hydrogen-bond donors (Lipinski definition) is 0. The zero-order valence-electron chi connectivity index (χ0n) is 15.1. The molecule has 1 heterocycles. The fourth-order valence-electron chi connectivity index (χ4n) is 3.32. The van der Waals surface area contributed by atoms with Gasteiger partial charge in [0.15, 0.2) is 0 Å². The number of likely N-dealkylation sites (N-methyl/N-ethyl adjacent to an activating group) is 1. The SMILES string of the molecule is CSc1ccccc1-c1cccc(C(=O)N(C)CCN2CCCC2)c1. The number of amides is 1. The highest BCUT2D eigenvalue weighted by Gasteiger charge is 2.16. The topological polar surface area (TPSA) is 23.6 Å². The molecule has 4 heteroatoms. The van der Waals surface area contributed by atoms with Crippen molar-refractivity contribution in [3.05, 3.63) is 54.1 Å². The molecular weight excluding hydrogens is 328 g/mol. The van der Waals surface area contributed by atoms with Crippen molar-refractivity contribution in [3.8, 4) is 11.1 Å². The van der Waals surface area contributed by atoms with Gasteiger partial charge in [0.2, 0.25) is 0 Å². The number of carbonyl (C=O) groups is 1. The molecule has 0 unspecified atom stereocenters. The first-order valence-corrected chi connectivity index (χ1v) is 10.1. The first-order valence-electron chi connectivity index (χ1n) is 8.90. The number of hydrogen-bond acceptors (Lipinski definition) is 3. The standard InChI is InChI=1S/C21H26N2OS/c1-22(14-15-23-12-5-6-13-23)21(24)18-9-7-8-17(16-18)19-10-3-4-11-20(19)25-2/h3-4,7-11,16H,5-6,12-15H2,1-2H3. The van der Waals surface area contributed by atoms with Crippen LogP contribution in [0.5, 0.6) is 0 Å². The summed E-state index contributed by atoms with van der Waals surface area (Å²) in [6.07, 6.45) is 4.66. The van der Waals surface area contributed by atoms with Gasteiger partial charge in [0.05, 0.1) is 0 Å². The van der Waals surface area contributed by atoms with Crippen molar-refractivity contribution >= 4 is 17.7 Å². The van der Waals surface area contributed by atoms with Gasteiger partial charge < -0.3 is 9.80 Å². The molecule has 0 bridgehead atoms. The Kier molecular flexibility index (Phi) is 6.16. The average Bonchev–Trinajstić information content (AvgIpc) is 3.19. The molecule has 1 saturated heterocycles. The second kappa shape index (κ2) is 8.54. The molecule has 0 saturated carbocycles. The van der Waals surface area contributed by atoms with Crippen molar-refractivity contribution in [1.29, 1.82) is 0 Å². The van der Waals surface area contributed by atoms with E-state index in [1.807, 2.05) is 36.2 Å². The van der Waals surface area contributed by atoms with Crippen LogP contribution in [0.25, 0.3) is 11.1 Å². The molecule has 3 nitrogen and oxygen atoms in total. The highest BCUT2D eigenvalue weighted by Crippen LogP contribution is 2.30. The summed E-state index contributed by atoms with van der Waals surface area (Å²) in [6.45, 7) is 4.09. The van der Waals surface area contributed by atoms with E-state index in [0.29, 0.717) is 0 Å². The first-order chi connectivity index (χ1) is 12.2. The summed E-state index contributed by atoms with van der Waals surface area (Å²) in [5.41, 5.74) is 3.05. The zero-order valence-corrected chi connectivity index (χ0v) is 15.9. The number of nitrogens with zero attached hydrogens (tertiary/aromatic N) is 2. The van der Waals surface area contributed by atoms with Crippen molar-refractivity contribution in [1.82, 2.24) is 9.80 Å². The zero-order chi connectivity index (χ0) is 17.6. The van der Waals surface area contributed by atoms with E-state index in [-0.39, 0.29) is 5.91 Å². The maximum atomic E-state index is 12.8. The molecule has 1 amide bonds. The van der Waals surface area contributed by atoms with Crippen LogP contribution >= 0.6 is 11.8 Å². The van der Waals surface area contributed by atoms with E-state index in [0.717, 1.165) is 24.2 Å². The lowest BCUT2D eigenvalue weighted by molar-refractivity contribution is 0.0782. The summed E-state index contributed by atoms with van der Waals surface area (Å²) in [7, 11) is 1.90. The first kappa shape index (κ1) is 18.0. The van der Waals surface area contributed by atoms with E-state index in [9.17, 15) is 4.79 Å². The largest absolute Gasteiger partial charge is 0.340 e. The van der Waals surface area contributed by atoms with E-state index in [1.165, 1.54) is 36.4 Å². The third kappa shape index (κ3) is 4.44. The molecule has 0 radical (unpaired) electrons. The predicted octanol–water partition coefficient (Wildman–Crippen LogP) is 4.24. The van der Waals surface area contributed by atoms with Gasteiger partial charge in [0.1, 0.15) is 0 Å². The van der Waals surface area contributed by atoms with Crippen LogP contribution in [0.15, 0.2) is 53.4 Å². The number of likely N-dealkylation sites (tertiary alicyclic amines) is 1. The van der Waals surface area contributed by atoms with Crippen LogP contribution < -0.4 is 0 Å². The van der Waals surface area contributed by atoms with Crippen LogP contribution in [0.4, 0.5) is 0 Å². The van der Waals surface area contributed by atoms with Crippen LogP contribution in [0.2, 0.25) is 0 Å². The lowest BCUT2D eigenvalue weighted by atomic mass is 10.0. The monoisotopic (exact) mass is 354 g/mol. The van der Waals surface area contributed by atoms with Gasteiger partial charge in [-0.25, -0.2) is 0 Å². The van der Waals surface area contributed by atoms with Crippen molar-refractivity contribution in [3.63, 3.8) is 0 Å². The summed E-state index contributed by atoms with van der Waals surface area (Å²) in [5.74, 6) is 0.0997. The fraction of sp³-hybridized carbons (Fsp3) is 0.381. The van der Waals surface area contributed by atoms with Crippen LogP contribution in [-0.2, 0) is 0 Å². The van der Waals surface area contributed by atoms with E-state index in [4.69, 9.17) is 0 Å². The molecule has 1 aliphatic rings. The number of benzene rings is 2. The summed E-state index contributed by atoms with van der Waals surface area (Å²) in [5, 5.41) is 0. The van der Waals surface area contributed by atoms with Gasteiger partial charge in [-0.05, 0) is 61.5 Å². The highest BCUT2D eigenvalue weighted by molar-refractivity contribution is 7.98. The molecule has 2 aromatic carbocycles. The van der Waals surface area contributed by atoms with Crippen molar-refractivity contribution in [2.45, 2.75) is 17.7 Å². The van der Waals surface area contributed by atoms with E-state index in [2.05, 4.69) is 35.4 Å². The number of rotatable bonds is 6. The van der Waals surface area contributed by atoms with Gasteiger partial charge in [-0.15, -0.1) is 11.8 Å². The molecule has 0 spiro atoms. The van der Waals surface area contributed by atoms with Crippen LogP contribution in [0.3, 0.4) is 0 Å². The summed E-state index contributed by atoms with van der Waals surface area (Å²) < 4.78 is 0. The Bertz CT molecular complexity index is 725. The van der Waals surface area contributed by atoms with Crippen molar-refractivity contribution in [2.75, 3.05) is 39.5 Å². The number of carbonyl (C=O) groups excluding carboxylic acids is 1. The molecule has 0 atom stereocenters. The molecule has 132 valence electrons. The fourth-order valence-corrected chi connectivity index (χ4v) is 3.94. The molecule has 0 aliphatic carbocycles. The maximum absolute atomic E-state index is 12.8. The Labute approximate surface area is 155 Å². The van der Waals surface area contributed by atoms with Gasteiger partial charge in [-0.2, -0.15) is 0 Å². The Balaban J connectivity index is 1.72. The second-order valence-electron chi connectivity index (χ2n) is 6.56. The molecule has 0 aromatic heterocycles. The van der Waals surface area contributed by atoms with Crippen molar-refractivity contribution in [2.24, 2.45) is 0 Å². The molecule has 2 aromatic rings. The lowest BCUT2D eigenvalue weighted by Gasteiger charge is -2.22. The summed E-state index contributed by atoms with van der Waals surface area (Å²) >= 11 is 1.73. The average molecular weight is 355 g/mol. The van der Waals surface area contributed by atoms with E-state index in [1.54, 1.807) is 11.8 Å². The second-order valence-corrected chi connectivity index (χ2v) is 7.40. The van der Waals surface area contributed by atoms with Crippen molar-refractivity contribution < 1.29 is 4.79 Å². The molecule has 0 N–H and O–H groups in total. The normalized spacial score (nSPS) is 14.6. The Morgan fingerprint density at radius 2 is 1.88 bits per heavy atom. The Hall–Kier alpha value is -1.78. The smallest absolute Gasteiger partial charge is 0.253 e. The maximum Gasteiger partial charge on any atom is 0.253 e. The van der Waals surface area contributed by atoms with Crippen LogP contribution in [-0.4, -0.2) is 55.2 Å². The van der Waals surface area contributed by atoms with E-state index >= 15 is 0 Å². The minimum absolute atomic E-state index is 0.0997. The Morgan fingerprint density at radius 1 is 1.12 bits per heavy atom. The minimum Gasteiger partial charge on any atom is -0.340 e. The van der Waals surface area contributed by atoms with Gasteiger partial charge in [0.25, 0.3) is 5.91 Å². The quantitative estimate of drug-likeness (QED) is 0.725. The van der Waals surface area contributed by atoms with Crippen LogP contribution in [0, 0.1) is 0 Å². The summed E-state index contributed by atoms with van der Waals surface area (Å²) in [4.78, 5) is 18.3. The lowest BCUT2D eigenvalue weighted by Crippen LogP contribution is -2.35. The van der Waals surface area contributed by atoms with Gasteiger partial charge in [-0.3, -0.25) is 4.79 Å².